The summed E-state index contributed by atoms with van der Waals surface area (Å²) in [6, 6.07) is 17.3. The molecule has 2 saturated heterocycles. The van der Waals surface area contributed by atoms with E-state index < -0.39 is 49.0 Å². The summed E-state index contributed by atoms with van der Waals surface area (Å²) in [6.07, 6.45) is -2.64. The van der Waals surface area contributed by atoms with Gasteiger partial charge < -0.3 is 35.4 Å². The number of nitrogens with zero attached hydrogens (tertiary/aromatic N) is 8. The number of hydrogen-bond acceptors (Lipinski definition) is 13. The Labute approximate surface area is 325 Å². The molecule has 296 valence electrons. The summed E-state index contributed by atoms with van der Waals surface area (Å²) in [6.45, 7) is 1.44. The summed E-state index contributed by atoms with van der Waals surface area (Å²) in [5.41, 5.74) is 2.16. The Morgan fingerprint density at radius 2 is 1.16 bits per heavy atom. The molecule has 5 N–H and O–H groups in total. The lowest BCUT2D eigenvalue weighted by Crippen LogP contribution is -2.26. The maximum Gasteiger partial charge on any atom is 0.256 e. The first-order valence-electron chi connectivity index (χ1n) is 19.2. The lowest BCUT2D eigenvalue weighted by Gasteiger charge is -2.15. The van der Waals surface area contributed by atoms with Crippen LogP contribution in [-0.4, -0.2) is 114 Å². The molecule has 0 spiro atoms. The average molecular weight is 783 g/mol. The van der Waals surface area contributed by atoms with E-state index in [2.05, 4.69) is 50.8 Å². The quantitative estimate of drug-likeness (QED) is 0.162. The summed E-state index contributed by atoms with van der Waals surface area (Å²) < 4.78 is 69.3. The molecule has 0 bridgehead atoms. The van der Waals surface area contributed by atoms with E-state index >= 15 is 0 Å². The van der Waals surface area contributed by atoms with Crippen molar-refractivity contribution >= 4 is 45.8 Å². The Kier molecular flexibility index (Phi) is 11.9. The number of imidazole rings is 2. The predicted molar refractivity (Wildman–Crippen MR) is 200 cm³/mol. The van der Waals surface area contributed by atoms with Gasteiger partial charge in [0.25, 0.3) is 11.8 Å². The molecule has 2 aliphatic heterocycles. The lowest BCUT2D eigenvalue weighted by atomic mass is 10.0. The minimum absolute atomic E-state index is 0.0158. The fourth-order valence-corrected chi connectivity index (χ4v) is 5.79. The molecule has 0 radical (unpaired) electrons. The molecular weight excluding hydrogens is 734 g/mol. The minimum atomic E-state index is -1.73. The van der Waals surface area contributed by atoms with Crippen molar-refractivity contribution in [3.63, 3.8) is 0 Å². The van der Waals surface area contributed by atoms with Gasteiger partial charge in [-0.25, -0.2) is 38.7 Å². The molecule has 6 aromatic rings. The molecule has 56 heavy (non-hydrogen) atoms. The smallest absolute Gasteiger partial charge is 0.256 e. The maximum absolute atomic E-state index is 14.7. The summed E-state index contributed by atoms with van der Waals surface area (Å²) in [7, 11) is 2.58. The number of fused-ring (bicyclic) bond motifs is 2. The number of carbonyl (C=O) groups excluding carboxylic acids is 2. The van der Waals surface area contributed by atoms with Crippen molar-refractivity contribution in [2.75, 3.05) is 24.9 Å². The zero-order valence-corrected chi connectivity index (χ0v) is 30.3. The minimum Gasteiger partial charge on any atom is -0.400 e. The zero-order valence-electron chi connectivity index (χ0n) is 34.3. The third kappa shape index (κ3) is 8.51. The second kappa shape index (κ2) is 18.7. The van der Waals surface area contributed by atoms with Gasteiger partial charge in [-0.05, 0) is 38.1 Å². The van der Waals surface area contributed by atoms with Crippen molar-refractivity contribution in [1.29, 1.82) is 2.86 Å². The van der Waals surface area contributed by atoms with Crippen molar-refractivity contribution in [1.82, 2.24) is 39.0 Å². The fourth-order valence-electron chi connectivity index (χ4n) is 5.79. The van der Waals surface area contributed by atoms with Crippen molar-refractivity contribution < 1.29 is 45.9 Å². The Morgan fingerprint density at radius 1 is 0.732 bits per heavy atom. The first-order chi connectivity index (χ1) is 29.0. The highest BCUT2D eigenvalue weighted by Crippen LogP contribution is 2.38. The van der Waals surface area contributed by atoms with Crippen LogP contribution in [0, 0.1) is 5.92 Å². The van der Waals surface area contributed by atoms with Crippen molar-refractivity contribution in [3.8, 4) is 0 Å². The Balaban J connectivity index is 0.000000201. The Morgan fingerprint density at radius 3 is 1.57 bits per heavy atom. The predicted octanol–water partition coefficient (Wildman–Crippen LogP) is 3.88. The fraction of sp³-hybridized carbons (Fsp3) is 0.351. The lowest BCUT2D eigenvalue weighted by molar-refractivity contribution is -0.0137. The molecule has 2 fully saturated rings. The van der Waals surface area contributed by atoms with Gasteiger partial charge in [-0.15, -0.1) is 0 Å². The molecular formula is C37H42F2N10O7. The third-order valence-electron chi connectivity index (χ3n) is 8.77. The van der Waals surface area contributed by atoms with Gasteiger partial charge in [-0.3, -0.25) is 18.7 Å². The van der Waals surface area contributed by atoms with Gasteiger partial charge in [0.1, 0.15) is 18.8 Å². The average Bonchev–Trinajstić information content (AvgIpc) is 4.03. The van der Waals surface area contributed by atoms with Crippen LogP contribution < -0.4 is 10.6 Å². The highest BCUT2D eigenvalue weighted by Gasteiger charge is 2.44. The second-order valence-electron chi connectivity index (χ2n) is 12.1. The van der Waals surface area contributed by atoms with E-state index in [1.165, 1.54) is 48.7 Å². The topological polar surface area (TPSA) is 225 Å². The van der Waals surface area contributed by atoms with Crippen LogP contribution in [0.3, 0.4) is 0 Å². The number of alkyl halides is 2. The number of aliphatic hydroxyl groups is 3. The highest BCUT2D eigenvalue weighted by molar-refractivity contribution is 6.07. The van der Waals surface area contributed by atoms with Crippen LogP contribution in [-0.2, 0) is 9.47 Å². The number of nitrogens with one attached hydrogen (secondary N) is 2. The molecule has 8 rings (SSSR count). The van der Waals surface area contributed by atoms with Gasteiger partial charge in [0.15, 0.2) is 58.8 Å². The van der Waals surface area contributed by atoms with Crippen LogP contribution in [0.2, 0.25) is 0 Å². The number of aromatic nitrogens is 8. The monoisotopic (exact) mass is 782 g/mol. The third-order valence-corrected chi connectivity index (χ3v) is 8.77. The van der Waals surface area contributed by atoms with E-state index in [1.807, 2.05) is 6.07 Å². The Hall–Kier alpha value is -5.86. The van der Waals surface area contributed by atoms with Gasteiger partial charge in [0.05, 0.1) is 24.9 Å². The molecule has 2 aromatic carbocycles. The first kappa shape index (κ1) is 35.8. The number of amides is 2. The molecule has 4 aromatic heterocycles. The van der Waals surface area contributed by atoms with Crippen LogP contribution in [0.4, 0.5) is 20.4 Å². The second-order valence-corrected chi connectivity index (χ2v) is 12.1. The summed E-state index contributed by atoms with van der Waals surface area (Å²) >= 11 is 0. The van der Waals surface area contributed by atoms with Crippen LogP contribution in [0.15, 0.2) is 86.0 Å². The van der Waals surface area contributed by atoms with Crippen molar-refractivity contribution in [3.05, 3.63) is 97.1 Å². The molecule has 6 heterocycles. The molecule has 17 nitrogen and oxygen atoms in total. The number of rotatable bonds is 6. The molecule has 19 heteroatoms. The van der Waals surface area contributed by atoms with E-state index in [1.54, 1.807) is 61.5 Å². The molecule has 0 aliphatic carbocycles. The van der Waals surface area contributed by atoms with Crippen LogP contribution >= 0.6 is 0 Å². The number of halogens is 2. The number of benzene rings is 2. The number of carbonyl (C=O) groups is 2. The molecule has 8 atom stereocenters. The first-order valence-corrected chi connectivity index (χ1v) is 16.9. The number of ether oxygens (including phenoxy) is 2. The van der Waals surface area contributed by atoms with Crippen LogP contribution in [0.5, 0.6) is 0 Å². The number of aliphatic hydroxyl groups excluding tert-OH is 3. The van der Waals surface area contributed by atoms with Crippen molar-refractivity contribution in [2.45, 2.75) is 63.8 Å². The SMILES string of the molecule is [2H]C[C@H]1OC(n2cnc3c(NC(=O)c4ccccc4)ncnc32)[C@H](F)[C@@H]1C.[2H]C[C@H]1OC(n2cnc3c(NC(=O)c4ccccc4)ncnc32)[C@H](F)[C@@H]1O.[3H]OC.[3H]OC. The van der Waals surface area contributed by atoms with E-state index in [4.69, 9.17) is 15.1 Å². The van der Waals surface area contributed by atoms with Crippen molar-refractivity contribution in [2.24, 2.45) is 5.92 Å². The van der Waals surface area contributed by atoms with Gasteiger partial charge in [-0.2, -0.15) is 0 Å². The van der Waals surface area contributed by atoms with Crippen LogP contribution in [0.25, 0.3) is 22.3 Å². The summed E-state index contributed by atoms with van der Waals surface area (Å²) in [5.74, 6) is -0.669. The summed E-state index contributed by atoms with van der Waals surface area (Å²) in [5, 5.41) is 22.2. The molecule has 0 saturated carbocycles. The van der Waals surface area contributed by atoms with E-state index in [-0.39, 0.29) is 48.4 Å². The normalized spacial score (nSPS) is 24.8. The highest BCUT2D eigenvalue weighted by atomic mass is 19.1. The molecule has 2 aliphatic rings. The standard InChI is InChI=1S/C18H18FN5O2.C17H16FN5O3.2CH4O/c1-10-11(2)26-18(13(10)19)24-9-22-14-15(20-8-21-16(14)24)23-17(25)12-6-4-3-5-7-12;1-9-13(24)11(18)17(26-9)23-8-21-12-14(19-7-20-15(12)23)22-16(25)10-5-3-2-4-6-10;2*1-2/h3-11,13,18H,1-2H3,(H,20,21,23,25);2-9,11,13,17,24H,1H3,(H,19,20,22,25);2*2H,1H3/t10-,11-,13-,18?;9-,11-,13-,17?;;/m11../s1/i2D;1D;2*2T. The summed E-state index contributed by atoms with van der Waals surface area (Å²) in [4.78, 5) is 49.6. The molecule has 2 amide bonds. The number of anilines is 2. The largest absolute Gasteiger partial charge is 0.400 e. The van der Waals surface area contributed by atoms with E-state index in [0.29, 0.717) is 22.3 Å². The van der Waals surface area contributed by atoms with Gasteiger partial charge in [0.2, 0.25) is 2.86 Å². The van der Waals surface area contributed by atoms with E-state index in [0.717, 1.165) is 0 Å². The maximum atomic E-state index is 14.7. The van der Waals surface area contributed by atoms with Crippen LogP contribution in [0.1, 0.15) is 56.6 Å². The van der Waals surface area contributed by atoms with Gasteiger partial charge in [-0.1, -0.05) is 43.3 Å². The zero-order chi connectivity index (χ0) is 43.3. The number of hydrogen-bond donors (Lipinski definition) is 5. The van der Waals surface area contributed by atoms with E-state index in [9.17, 15) is 23.5 Å². The Bertz CT molecular complexity index is 2140. The molecule has 2 unspecified atom stereocenters. The van der Waals surface area contributed by atoms with Gasteiger partial charge >= 0.3 is 0 Å². The van der Waals surface area contributed by atoms with Gasteiger partial charge in [0, 0.05) is 34.0 Å².